The Labute approximate surface area is 165 Å². The topological polar surface area (TPSA) is 64.1 Å². The summed E-state index contributed by atoms with van der Waals surface area (Å²) in [4.78, 5) is 30.4. The Morgan fingerprint density at radius 2 is 1.71 bits per heavy atom. The van der Waals surface area contributed by atoms with Crippen LogP contribution in [0.4, 0.5) is 5.69 Å². The van der Waals surface area contributed by atoms with Crippen LogP contribution in [-0.4, -0.2) is 66.9 Å². The summed E-state index contributed by atoms with van der Waals surface area (Å²) in [5.74, 6) is 0.112. The van der Waals surface area contributed by atoms with Gasteiger partial charge >= 0.3 is 0 Å². The van der Waals surface area contributed by atoms with Gasteiger partial charge in [0.05, 0.1) is 5.56 Å². The summed E-state index contributed by atoms with van der Waals surface area (Å²) >= 11 is 0. The van der Waals surface area contributed by atoms with Crippen LogP contribution >= 0.6 is 0 Å². The van der Waals surface area contributed by atoms with Crippen LogP contribution in [0.2, 0.25) is 0 Å². The summed E-state index contributed by atoms with van der Waals surface area (Å²) in [5.41, 5.74) is 4.10. The van der Waals surface area contributed by atoms with Crippen LogP contribution in [0.15, 0.2) is 36.4 Å². The number of carbonyl (C=O) groups excluding carboxylic acids is 2. The predicted octanol–water partition coefficient (Wildman–Crippen LogP) is 2.16. The Bertz CT molecular complexity index is 887. The molecule has 0 spiro atoms. The minimum atomic E-state index is 0.0312. The number of hydrogen-bond donors (Lipinski definition) is 1. The Kier molecular flexibility index (Phi) is 5.05. The van der Waals surface area contributed by atoms with Crippen LogP contribution in [0.5, 0.6) is 5.75 Å². The lowest BCUT2D eigenvalue weighted by molar-refractivity contribution is 0.0664. The van der Waals surface area contributed by atoms with Crippen molar-refractivity contribution >= 4 is 17.9 Å². The molecule has 146 valence electrons. The number of carbonyl (C=O) groups is 2. The monoisotopic (exact) mass is 379 g/mol. The largest absolute Gasteiger partial charge is 0.507 e. The van der Waals surface area contributed by atoms with Crippen LogP contribution in [0.3, 0.4) is 0 Å². The molecule has 2 aliphatic heterocycles. The summed E-state index contributed by atoms with van der Waals surface area (Å²) in [7, 11) is 2.07. The van der Waals surface area contributed by atoms with E-state index in [0.29, 0.717) is 17.7 Å². The molecular formula is C22H25N3O3. The van der Waals surface area contributed by atoms with Crippen LogP contribution in [0.1, 0.15) is 31.8 Å². The molecule has 6 heteroatoms. The second kappa shape index (κ2) is 7.64. The lowest BCUT2D eigenvalue weighted by Gasteiger charge is -2.33. The van der Waals surface area contributed by atoms with Crippen molar-refractivity contribution in [3.8, 4) is 5.75 Å². The maximum Gasteiger partial charge on any atom is 0.253 e. The molecule has 0 saturated carbocycles. The number of phenols is 1. The van der Waals surface area contributed by atoms with Gasteiger partial charge in [0.2, 0.25) is 0 Å². The molecule has 0 unspecified atom stereocenters. The molecule has 1 amide bonds. The van der Waals surface area contributed by atoms with Gasteiger partial charge in [0.25, 0.3) is 5.91 Å². The number of rotatable bonds is 3. The summed E-state index contributed by atoms with van der Waals surface area (Å²) in [6, 6.07) is 11.2. The van der Waals surface area contributed by atoms with Crippen molar-refractivity contribution < 1.29 is 14.7 Å². The van der Waals surface area contributed by atoms with Gasteiger partial charge < -0.3 is 19.8 Å². The van der Waals surface area contributed by atoms with Gasteiger partial charge in [-0.2, -0.15) is 0 Å². The van der Waals surface area contributed by atoms with Crippen LogP contribution < -0.4 is 4.90 Å². The molecule has 1 fully saturated rings. The number of nitrogens with zero attached hydrogens (tertiary/aromatic N) is 3. The molecule has 4 rings (SSSR count). The van der Waals surface area contributed by atoms with Crippen LogP contribution in [-0.2, 0) is 13.0 Å². The molecule has 1 N–H and O–H groups in total. The normalized spacial score (nSPS) is 17.3. The van der Waals surface area contributed by atoms with E-state index < -0.39 is 0 Å². The standard InChI is InChI=1S/C22H25N3O3/c1-23-10-12-24(13-11-23)22(28)17-2-5-18(6-3-17)25-9-8-16-4-7-21(27)20(15-26)19(16)14-25/h2-7,15,27H,8-14H2,1H3. The SMILES string of the molecule is CN1CCN(C(=O)c2ccc(N3CCc4ccc(O)c(C=O)c4C3)cc2)CC1. The third-order valence-electron chi connectivity index (χ3n) is 5.82. The molecule has 0 bridgehead atoms. The highest BCUT2D eigenvalue weighted by Gasteiger charge is 2.23. The third-order valence-corrected chi connectivity index (χ3v) is 5.82. The van der Waals surface area contributed by atoms with Crippen molar-refractivity contribution in [2.24, 2.45) is 0 Å². The maximum absolute atomic E-state index is 12.7. The molecule has 2 aromatic carbocycles. The minimum absolute atomic E-state index is 0.0312. The molecule has 28 heavy (non-hydrogen) atoms. The molecule has 2 heterocycles. The first-order valence-corrected chi connectivity index (χ1v) is 9.68. The summed E-state index contributed by atoms with van der Waals surface area (Å²) in [6.45, 7) is 4.74. The van der Waals surface area contributed by atoms with E-state index in [1.54, 1.807) is 6.07 Å². The fourth-order valence-corrected chi connectivity index (χ4v) is 4.00. The zero-order chi connectivity index (χ0) is 19.7. The number of phenolic OH excluding ortho intramolecular Hbond substituents is 1. The van der Waals surface area contributed by atoms with E-state index >= 15 is 0 Å². The Morgan fingerprint density at radius 3 is 2.39 bits per heavy atom. The molecule has 0 atom stereocenters. The van der Waals surface area contributed by atoms with Crippen molar-refractivity contribution in [1.82, 2.24) is 9.80 Å². The zero-order valence-corrected chi connectivity index (χ0v) is 16.1. The number of hydrogen-bond acceptors (Lipinski definition) is 5. The van der Waals surface area contributed by atoms with Crippen molar-refractivity contribution in [3.63, 3.8) is 0 Å². The molecule has 2 aliphatic rings. The van der Waals surface area contributed by atoms with E-state index in [1.807, 2.05) is 35.2 Å². The van der Waals surface area contributed by atoms with Gasteiger partial charge in [-0.15, -0.1) is 0 Å². The first-order valence-electron chi connectivity index (χ1n) is 9.68. The first kappa shape index (κ1) is 18.5. The highest BCUT2D eigenvalue weighted by Crippen LogP contribution is 2.30. The molecule has 0 aromatic heterocycles. The maximum atomic E-state index is 12.7. The molecular weight excluding hydrogens is 354 g/mol. The third kappa shape index (κ3) is 3.47. The van der Waals surface area contributed by atoms with E-state index in [2.05, 4.69) is 16.8 Å². The van der Waals surface area contributed by atoms with Gasteiger partial charge in [0, 0.05) is 50.5 Å². The first-order chi connectivity index (χ1) is 13.6. The highest BCUT2D eigenvalue weighted by atomic mass is 16.3. The number of aldehydes is 1. The second-order valence-corrected chi connectivity index (χ2v) is 7.57. The van der Waals surface area contributed by atoms with Crippen molar-refractivity contribution in [2.45, 2.75) is 13.0 Å². The molecule has 6 nitrogen and oxygen atoms in total. The number of fused-ring (bicyclic) bond motifs is 1. The van der Waals surface area contributed by atoms with Gasteiger partial charge in [-0.25, -0.2) is 0 Å². The van der Waals surface area contributed by atoms with Crippen molar-refractivity contribution in [2.75, 3.05) is 44.7 Å². The van der Waals surface area contributed by atoms with Gasteiger partial charge in [0.1, 0.15) is 5.75 Å². The summed E-state index contributed by atoms with van der Waals surface area (Å²) < 4.78 is 0. The van der Waals surface area contributed by atoms with Gasteiger partial charge in [-0.05, 0) is 54.9 Å². The summed E-state index contributed by atoms with van der Waals surface area (Å²) in [5, 5.41) is 9.97. The van der Waals surface area contributed by atoms with Crippen molar-refractivity contribution in [3.05, 3.63) is 58.7 Å². The Morgan fingerprint density at radius 1 is 1.00 bits per heavy atom. The minimum Gasteiger partial charge on any atom is -0.507 e. The highest BCUT2D eigenvalue weighted by molar-refractivity contribution is 5.94. The van der Waals surface area contributed by atoms with E-state index in [4.69, 9.17) is 0 Å². The zero-order valence-electron chi connectivity index (χ0n) is 16.1. The lowest BCUT2D eigenvalue weighted by Crippen LogP contribution is -2.47. The average molecular weight is 379 g/mol. The fourth-order valence-electron chi connectivity index (χ4n) is 4.00. The average Bonchev–Trinajstić information content (AvgIpc) is 2.73. The quantitative estimate of drug-likeness (QED) is 0.828. The Balaban J connectivity index is 1.50. The summed E-state index contributed by atoms with van der Waals surface area (Å²) in [6.07, 6.45) is 1.55. The molecule has 2 aromatic rings. The van der Waals surface area contributed by atoms with E-state index in [0.717, 1.165) is 62.2 Å². The predicted molar refractivity (Wildman–Crippen MR) is 108 cm³/mol. The van der Waals surface area contributed by atoms with Crippen molar-refractivity contribution in [1.29, 1.82) is 0 Å². The van der Waals surface area contributed by atoms with E-state index in [1.165, 1.54) is 0 Å². The van der Waals surface area contributed by atoms with E-state index in [9.17, 15) is 14.7 Å². The van der Waals surface area contributed by atoms with E-state index in [-0.39, 0.29) is 11.7 Å². The molecule has 1 saturated heterocycles. The smallest absolute Gasteiger partial charge is 0.253 e. The lowest BCUT2D eigenvalue weighted by atomic mass is 9.94. The second-order valence-electron chi connectivity index (χ2n) is 7.57. The van der Waals surface area contributed by atoms with Gasteiger partial charge in [-0.3, -0.25) is 9.59 Å². The van der Waals surface area contributed by atoms with Gasteiger partial charge in [0.15, 0.2) is 6.29 Å². The fraction of sp³-hybridized carbons (Fsp3) is 0.364. The number of likely N-dealkylation sites (N-methyl/N-ethyl adjacent to an activating group) is 1. The van der Waals surface area contributed by atoms with Crippen LogP contribution in [0.25, 0.3) is 0 Å². The number of anilines is 1. The molecule has 0 aliphatic carbocycles. The molecule has 0 radical (unpaired) electrons. The van der Waals surface area contributed by atoms with Gasteiger partial charge in [-0.1, -0.05) is 6.07 Å². The Hall–Kier alpha value is -2.86. The number of amides is 1. The number of aromatic hydroxyl groups is 1. The number of piperazine rings is 1. The van der Waals surface area contributed by atoms with Crippen LogP contribution in [0, 0.1) is 0 Å². The number of benzene rings is 2.